The van der Waals surface area contributed by atoms with Crippen molar-refractivity contribution in [3.63, 3.8) is 0 Å². The van der Waals surface area contributed by atoms with Crippen LogP contribution in [0.3, 0.4) is 0 Å². The molecule has 0 spiro atoms. The highest BCUT2D eigenvalue weighted by atomic mass is 35.5. The third-order valence-corrected chi connectivity index (χ3v) is 2.63. The molecule has 0 amide bonds. The van der Waals surface area contributed by atoms with Crippen LogP contribution in [-0.2, 0) is 0 Å². The van der Waals surface area contributed by atoms with Gasteiger partial charge in [0.15, 0.2) is 0 Å². The van der Waals surface area contributed by atoms with Crippen molar-refractivity contribution in [3.8, 4) is 0 Å². The van der Waals surface area contributed by atoms with E-state index in [4.69, 9.17) is 11.6 Å². The van der Waals surface area contributed by atoms with Crippen molar-refractivity contribution in [1.29, 1.82) is 0 Å². The Labute approximate surface area is 80.4 Å². The summed E-state index contributed by atoms with van der Waals surface area (Å²) in [7, 11) is 0. The highest BCUT2D eigenvalue weighted by Gasteiger charge is 2.25. The summed E-state index contributed by atoms with van der Waals surface area (Å²) in [5.41, 5.74) is 1.15. The van der Waals surface area contributed by atoms with E-state index in [1.54, 1.807) is 10.6 Å². The number of halogens is 1. The lowest BCUT2D eigenvalue weighted by molar-refractivity contribution is 0.983. The second-order valence-corrected chi connectivity index (χ2v) is 3.76. The van der Waals surface area contributed by atoms with Gasteiger partial charge < -0.3 is 0 Å². The number of rotatable bonds is 1. The molecular weight excluding hydrogens is 186 g/mol. The van der Waals surface area contributed by atoms with Crippen LogP contribution in [0.25, 0.3) is 5.78 Å². The van der Waals surface area contributed by atoms with E-state index in [-0.39, 0.29) is 0 Å². The van der Waals surface area contributed by atoms with Crippen LogP contribution in [0.15, 0.2) is 18.5 Å². The third kappa shape index (κ3) is 1.11. The molecule has 1 aliphatic rings. The summed E-state index contributed by atoms with van der Waals surface area (Å²) < 4.78 is 1.79. The van der Waals surface area contributed by atoms with Crippen LogP contribution in [0.4, 0.5) is 0 Å². The lowest BCUT2D eigenvalue weighted by Gasteiger charge is -1.97. The Balaban J connectivity index is 2.21. The Hall–Kier alpha value is -1.09. The van der Waals surface area contributed by atoms with Gasteiger partial charge >= 0.3 is 0 Å². The van der Waals surface area contributed by atoms with Crippen molar-refractivity contribution in [1.82, 2.24) is 14.4 Å². The summed E-state index contributed by atoms with van der Waals surface area (Å²) in [5.74, 6) is 1.37. The predicted molar refractivity (Wildman–Crippen MR) is 50.0 cm³/mol. The first-order valence-corrected chi connectivity index (χ1v) is 4.72. The topological polar surface area (TPSA) is 30.2 Å². The molecule has 0 radical (unpaired) electrons. The largest absolute Gasteiger partial charge is 0.274 e. The van der Waals surface area contributed by atoms with Gasteiger partial charge in [-0.05, 0) is 18.9 Å². The van der Waals surface area contributed by atoms with Crippen molar-refractivity contribution in [2.45, 2.75) is 18.8 Å². The molecule has 1 fully saturated rings. The second kappa shape index (κ2) is 2.45. The number of imidazole rings is 1. The van der Waals surface area contributed by atoms with Crippen LogP contribution < -0.4 is 0 Å². The monoisotopic (exact) mass is 193 g/mol. The maximum Gasteiger partial charge on any atom is 0.235 e. The zero-order valence-electron chi connectivity index (χ0n) is 6.94. The summed E-state index contributed by atoms with van der Waals surface area (Å²) in [4.78, 5) is 8.53. The molecule has 1 saturated carbocycles. The number of hydrogen-bond acceptors (Lipinski definition) is 2. The van der Waals surface area contributed by atoms with Gasteiger partial charge in [0.25, 0.3) is 0 Å². The molecule has 66 valence electrons. The first-order valence-electron chi connectivity index (χ1n) is 4.34. The molecular formula is C9H8ClN3. The number of hydrogen-bond donors (Lipinski definition) is 0. The molecule has 3 rings (SSSR count). The van der Waals surface area contributed by atoms with Crippen molar-refractivity contribution in [2.24, 2.45) is 0 Å². The van der Waals surface area contributed by atoms with Crippen molar-refractivity contribution in [2.75, 3.05) is 0 Å². The molecule has 2 heterocycles. The quantitative estimate of drug-likeness (QED) is 0.696. The first-order chi connectivity index (χ1) is 6.34. The van der Waals surface area contributed by atoms with Crippen LogP contribution in [0.5, 0.6) is 0 Å². The Kier molecular flexibility index (Phi) is 1.38. The normalized spacial score (nSPS) is 16.7. The fourth-order valence-corrected chi connectivity index (χ4v) is 1.64. The molecule has 2 aromatic heterocycles. The highest BCUT2D eigenvalue weighted by Crippen LogP contribution is 2.38. The van der Waals surface area contributed by atoms with E-state index in [2.05, 4.69) is 9.97 Å². The van der Waals surface area contributed by atoms with Gasteiger partial charge in [-0.25, -0.2) is 9.97 Å². The van der Waals surface area contributed by atoms with Crippen LogP contribution in [-0.4, -0.2) is 14.4 Å². The fourth-order valence-electron chi connectivity index (χ4n) is 1.46. The average molecular weight is 194 g/mol. The summed E-state index contributed by atoms with van der Waals surface area (Å²) >= 11 is 5.88. The summed E-state index contributed by atoms with van der Waals surface area (Å²) in [5, 5.41) is 0.616. The predicted octanol–water partition coefficient (Wildman–Crippen LogP) is 2.26. The molecule has 0 saturated heterocycles. The SMILES string of the molecule is Clc1cnc2nc(C3CC3)ccn12. The van der Waals surface area contributed by atoms with E-state index in [9.17, 15) is 0 Å². The molecule has 3 nitrogen and oxygen atoms in total. The van der Waals surface area contributed by atoms with Crippen molar-refractivity contribution < 1.29 is 0 Å². The smallest absolute Gasteiger partial charge is 0.235 e. The Morgan fingerprint density at radius 2 is 2.31 bits per heavy atom. The van der Waals surface area contributed by atoms with E-state index >= 15 is 0 Å². The van der Waals surface area contributed by atoms with E-state index in [0.29, 0.717) is 16.8 Å². The van der Waals surface area contributed by atoms with Gasteiger partial charge in [-0.3, -0.25) is 4.40 Å². The van der Waals surface area contributed by atoms with Gasteiger partial charge in [-0.2, -0.15) is 0 Å². The van der Waals surface area contributed by atoms with Gasteiger partial charge in [0.05, 0.1) is 6.20 Å². The fraction of sp³-hybridized carbons (Fsp3) is 0.333. The molecule has 2 aromatic rings. The minimum Gasteiger partial charge on any atom is -0.274 e. The molecule has 0 bridgehead atoms. The molecule has 4 heteroatoms. The molecule has 0 atom stereocenters. The van der Waals surface area contributed by atoms with Crippen molar-refractivity contribution >= 4 is 17.4 Å². The van der Waals surface area contributed by atoms with Crippen LogP contribution in [0.1, 0.15) is 24.5 Å². The van der Waals surface area contributed by atoms with E-state index in [1.807, 2.05) is 12.3 Å². The zero-order valence-corrected chi connectivity index (χ0v) is 7.70. The third-order valence-electron chi connectivity index (χ3n) is 2.35. The average Bonchev–Trinajstić information content (AvgIpc) is 2.93. The van der Waals surface area contributed by atoms with E-state index < -0.39 is 0 Å². The Bertz CT molecular complexity index is 459. The zero-order chi connectivity index (χ0) is 8.84. The lowest BCUT2D eigenvalue weighted by Crippen LogP contribution is -1.92. The van der Waals surface area contributed by atoms with Gasteiger partial charge in [-0.15, -0.1) is 0 Å². The first kappa shape index (κ1) is 7.33. The van der Waals surface area contributed by atoms with Gasteiger partial charge in [0.2, 0.25) is 5.78 Å². The van der Waals surface area contributed by atoms with Crippen LogP contribution >= 0.6 is 11.6 Å². The molecule has 0 N–H and O–H groups in total. The standard InChI is InChI=1S/C9H8ClN3/c10-8-5-11-9-12-7(6-1-2-6)3-4-13(8)9/h3-6H,1-2H2. The summed E-state index contributed by atoms with van der Waals surface area (Å²) in [6.07, 6.45) is 6.08. The van der Waals surface area contributed by atoms with Crippen molar-refractivity contribution in [3.05, 3.63) is 29.3 Å². The van der Waals surface area contributed by atoms with E-state index in [1.165, 1.54) is 12.8 Å². The molecule has 13 heavy (non-hydrogen) atoms. The molecule has 0 unspecified atom stereocenters. The minimum absolute atomic E-state index is 0.616. The number of fused-ring (bicyclic) bond motifs is 1. The minimum atomic E-state index is 0.616. The highest BCUT2D eigenvalue weighted by molar-refractivity contribution is 6.29. The molecule has 0 aromatic carbocycles. The van der Waals surface area contributed by atoms with Crippen LogP contribution in [0, 0.1) is 0 Å². The summed E-state index contributed by atoms with van der Waals surface area (Å²) in [6, 6.07) is 2.03. The molecule has 0 aliphatic heterocycles. The number of aromatic nitrogens is 3. The van der Waals surface area contributed by atoms with Crippen LogP contribution in [0.2, 0.25) is 5.15 Å². The summed E-state index contributed by atoms with van der Waals surface area (Å²) in [6.45, 7) is 0. The maximum absolute atomic E-state index is 5.88. The maximum atomic E-state index is 5.88. The van der Waals surface area contributed by atoms with Gasteiger partial charge in [-0.1, -0.05) is 11.6 Å². The lowest BCUT2D eigenvalue weighted by atomic mass is 10.3. The Morgan fingerprint density at radius 1 is 1.46 bits per heavy atom. The number of nitrogens with zero attached hydrogens (tertiary/aromatic N) is 3. The van der Waals surface area contributed by atoms with Gasteiger partial charge in [0, 0.05) is 17.8 Å². The second-order valence-electron chi connectivity index (χ2n) is 3.38. The molecule has 1 aliphatic carbocycles. The van der Waals surface area contributed by atoms with Gasteiger partial charge in [0.1, 0.15) is 5.15 Å². The van der Waals surface area contributed by atoms with E-state index in [0.717, 1.165) is 5.69 Å². The Morgan fingerprint density at radius 3 is 3.08 bits per heavy atom.